The monoisotopic (exact) mass is 263 g/mol. The highest BCUT2D eigenvalue weighted by Gasteiger charge is 2.25. The Morgan fingerprint density at radius 2 is 2.21 bits per heavy atom. The van der Waals surface area contributed by atoms with Gasteiger partial charge < -0.3 is 9.88 Å². The average Bonchev–Trinajstić information content (AvgIpc) is 3.22. The van der Waals surface area contributed by atoms with Crippen molar-refractivity contribution in [2.75, 3.05) is 5.32 Å². The summed E-state index contributed by atoms with van der Waals surface area (Å²) < 4.78 is 1.82. The molecule has 1 heterocycles. The second kappa shape index (κ2) is 6.73. The number of hydrogen-bond donors (Lipinski definition) is 1. The fraction of sp³-hybridized carbons (Fsp3) is 0.733. The van der Waals surface area contributed by atoms with E-state index in [0.717, 1.165) is 19.3 Å². The molecule has 0 radical (unpaired) electrons. The number of rotatable bonds is 8. The Balaban J connectivity index is 1.88. The van der Waals surface area contributed by atoms with Gasteiger partial charge in [-0.15, -0.1) is 0 Å². The van der Waals surface area contributed by atoms with Crippen LogP contribution in [-0.4, -0.2) is 15.6 Å². The maximum Gasteiger partial charge on any atom is 0.293 e. The Morgan fingerprint density at radius 1 is 1.42 bits per heavy atom. The Morgan fingerprint density at radius 3 is 2.89 bits per heavy atom. The topological polar surface area (TPSA) is 46.9 Å². The first kappa shape index (κ1) is 14.1. The van der Waals surface area contributed by atoms with E-state index in [2.05, 4.69) is 24.1 Å². The smallest absolute Gasteiger partial charge is 0.293 e. The summed E-state index contributed by atoms with van der Waals surface area (Å²) in [4.78, 5) is 16.4. The first-order valence-corrected chi connectivity index (χ1v) is 7.56. The molecule has 106 valence electrons. The SMILES string of the molecule is CCCCCCC(C)Nc1nccn(C2CC2)c1=O. The van der Waals surface area contributed by atoms with Crippen LogP contribution in [0, 0.1) is 0 Å². The summed E-state index contributed by atoms with van der Waals surface area (Å²) in [7, 11) is 0. The minimum atomic E-state index is 0.0328. The average molecular weight is 263 g/mol. The number of hydrogen-bond acceptors (Lipinski definition) is 3. The zero-order chi connectivity index (χ0) is 13.7. The highest BCUT2D eigenvalue weighted by Crippen LogP contribution is 2.33. The number of nitrogens with one attached hydrogen (secondary N) is 1. The van der Waals surface area contributed by atoms with Crippen LogP contribution >= 0.6 is 0 Å². The third-order valence-electron chi connectivity index (χ3n) is 3.68. The zero-order valence-electron chi connectivity index (χ0n) is 12.1. The van der Waals surface area contributed by atoms with Gasteiger partial charge in [0, 0.05) is 24.5 Å². The molecule has 0 spiro atoms. The van der Waals surface area contributed by atoms with Crippen molar-refractivity contribution in [3.63, 3.8) is 0 Å². The van der Waals surface area contributed by atoms with Gasteiger partial charge in [0.15, 0.2) is 5.82 Å². The Hall–Kier alpha value is -1.32. The number of nitrogens with zero attached hydrogens (tertiary/aromatic N) is 2. The fourth-order valence-electron chi connectivity index (χ4n) is 2.35. The molecule has 1 aliphatic carbocycles. The second-order valence-electron chi connectivity index (χ2n) is 5.61. The van der Waals surface area contributed by atoms with E-state index in [9.17, 15) is 4.79 Å². The highest BCUT2D eigenvalue weighted by molar-refractivity contribution is 5.32. The van der Waals surface area contributed by atoms with Crippen molar-refractivity contribution in [1.29, 1.82) is 0 Å². The van der Waals surface area contributed by atoms with Gasteiger partial charge >= 0.3 is 0 Å². The molecule has 19 heavy (non-hydrogen) atoms. The lowest BCUT2D eigenvalue weighted by Gasteiger charge is -2.14. The van der Waals surface area contributed by atoms with Crippen molar-refractivity contribution in [1.82, 2.24) is 9.55 Å². The molecule has 0 aromatic carbocycles. The largest absolute Gasteiger partial charge is 0.363 e. The molecule has 1 N–H and O–H groups in total. The van der Waals surface area contributed by atoms with Crippen LogP contribution in [0.5, 0.6) is 0 Å². The molecule has 1 atom stereocenters. The lowest BCUT2D eigenvalue weighted by molar-refractivity contribution is 0.591. The lowest BCUT2D eigenvalue weighted by Crippen LogP contribution is -2.27. The molecule has 0 aliphatic heterocycles. The van der Waals surface area contributed by atoms with Gasteiger partial charge in [0.25, 0.3) is 5.56 Å². The normalized spacial score (nSPS) is 16.3. The van der Waals surface area contributed by atoms with Crippen LogP contribution in [-0.2, 0) is 0 Å². The van der Waals surface area contributed by atoms with Crippen LogP contribution in [0.4, 0.5) is 5.82 Å². The van der Waals surface area contributed by atoms with Gasteiger partial charge in [-0.05, 0) is 26.2 Å². The molecule has 0 saturated heterocycles. The maximum atomic E-state index is 12.2. The van der Waals surface area contributed by atoms with Crippen molar-refractivity contribution in [3.8, 4) is 0 Å². The molecule has 1 unspecified atom stereocenters. The number of aromatic nitrogens is 2. The van der Waals surface area contributed by atoms with Gasteiger partial charge in [-0.1, -0.05) is 32.6 Å². The van der Waals surface area contributed by atoms with Crippen molar-refractivity contribution >= 4 is 5.82 Å². The van der Waals surface area contributed by atoms with E-state index in [0.29, 0.717) is 17.9 Å². The quantitative estimate of drug-likeness (QED) is 0.732. The third-order valence-corrected chi connectivity index (χ3v) is 3.68. The fourth-order valence-corrected chi connectivity index (χ4v) is 2.35. The number of unbranched alkanes of at least 4 members (excludes halogenated alkanes) is 3. The predicted molar refractivity (Wildman–Crippen MR) is 78.6 cm³/mol. The van der Waals surface area contributed by atoms with E-state index >= 15 is 0 Å². The first-order chi connectivity index (χ1) is 9.22. The Bertz CT molecular complexity index is 451. The summed E-state index contributed by atoms with van der Waals surface area (Å²) in [6, 6.07) is 0.725. The first-order valence-electron chi connectivity index (χ1n) is 7.56. The molecular weight excluding hydrogens is 238 g/mol. The zero-order valence-corrected chi connectivity index (χ0v) is 12.1. The summed E-state index contributed by atoms with van der Waals surface area (Å²) in [6.45, 7) is 4.34. The molecular formula is C15H25N3O. The van der Waals surface area contributed by atoms with Gasteiger partial charge in [0.05, 0.1) is 0 Å². The van der Waals surface area contributed by atoms with E-state index in [1.807, 2.05) is 4.57 Å². The maximum absolute atomic E-state index is 12.2. The van der Waals surface area contributed by atoms with Crippen molar-refractivity contribution in [2.24, 2.45) is 0 Å². The molecule has 4 heteroatoms. The van der Waals surface area contributed by atoms with Crippen LogP contribution in [0.25, 0.3) is 0 Å². The van der Waals surface area contributed by atoms with Crippen LogP contribution in [0.2, 0.25) is 0 Å². The Kier molecular flexibility index (Phi) is 5.00. The molecule has 0 bridgehead atoms. The van der Waals surface area contributed by atoms with Gasteiger partial charge in [-0.3, -0.25) is 4.79 Å². The molecule has 1 aliphatic rings. The molecule has 1 aromatic heterocycles. The van der Waals surface area contributed by atoms with Crippen LogP contribution in [0.1, 0.15) is 64.8 Å². The van der Waals surface area contributed by atoms with Crippen LogP contribution < -0.4 is 10.9 Å². The Labute approximate surface area is 115 Å². The van der Waals surface area contributed by atoms with Gasteiger partial charge in [-0.25, -0.2) is 4.98 Å². The minimum Gasteiger partial charge on any atom is -0.363 e. The van der Waals surface area contributed by atoms with Gasteiger partial charge in [0.2, 0.25) is 0 Å². The van der Waals surface area contributed by atoms with Crippen molar-refractivity contribution < 1.29 is 0 Å². The summed E-state index contributed by atoms with van der Waals surface area (Å²) >= 11 is 0. The van der Waals surface area contributed by atoms with Crippen LogP contribution in [0.15, 0.2) is 17.2 Å². The van der Waals surface area contributed by atoms with Crippen molar-refractivity contribution in [3.05, 3.63) is 22.7 Å². The van der Waals surface area contributed by atoms with E-state index < -0.39 is 0 Å². The molecule has 4 nitrogen and oxygen atoms in total. The van der Waals surface area contributed by atoms with E-state index in [4.69, 9.17) is 0 Å². The van der Waals surface area contributed by atoms with E-state index in [1.165, 1.54) is 25.7 Å². The minimum absolute atomic E-state index is 0.0328. The van der Waals surface area contributed by atoms with Crippen molar-refractivity contribution in [2.45, 2.75) is 70.9 Å². The van der Waals surface area contributed by atoms with E-state index in [1.54, 1.807) is 12.4 Å². The predicted octanol–water partition coefficient (Wildman–Crippen LogP) is 3.35. The molecule has 2 rings (SSSR count). The molecule has 1 saturated carbocycles. The molecule has 0 amide bonds. The third kappa shape index (κ3) is 4.08. The summed E-state index contributed by atoms with van der Waals surface area (Å²) in [6.07, 6.45) is 11.9. The number of anilines is 1. The second-order valence-corrected chi connectivity index (χ2v) is 5.61. The standard InChI is InChI=1S/C15H25N3O/c1-3-4-5-6-7-12(2)17-14-15(19)18(11-10-16-14)13-8-9-13/h10-13H,3-9H2,1-2H3,(H,16,17). The lowest BCUT2D eigenvalue weighted by atomic mass is 10.1. The van der Waals surface area contributed by atoms with E-state index in [-0.39, 0.29) is 5.56 Å². The van der Waals surface area contributed by atoms with Gasteiger partial charge in [-0.2, -0.15) is 0 Å². The van der Waals surface area contributed by atoms with Crippen LogP contribution in [0.3, 0.4) is 0 Å². The summed E-state index contributed by atoms with van der Waals surface area (Å²) in [5, 5.41) is 3.27. The highest BCUT2D eigenvalue weighted by atomic mass is 16.1. The summed E-state index contributed by atoms with van der Waals surface area (Å²) in [5.41, 5.74) is 0.0328. The molecule has 1 fully saturated rings. The summed E-state index contributed by atoms with van der Waals surface area (Å²) in [5.74, 6) is 0.511. The van der Waals surface area contributed by atoms with Gasteiger partial charge in [0.1, 0.15) is 0 Å². The molecule has 1 aromatic rings.